The summed E-state index contributed by atoms with van der Waals surface area (Å²) in [5, 5.41) is 11.3. The minimum absolute atomic E-state index is 0.00271. The van der Waals surface area contributed by atoms with E-state index in [9.17, 15) is 9.59 Å². The lowest BCUT2D eigenvalue weighted by molar-refractivity contribution is -0.138. The first-order valence-electron chi connectivity index (χ1n) is 5.98. The predicted molar refractivity (Wildman–Crippen MR) is 69.6 cm³/mol. The Hall–Kier alpha value is -2.02. The summed E-state index contributed by atoms with van der Waals surface area (Å²) < 4.78 is 0. The van der Waals surface area contributed by atoms with Gasteiger partial charge in [0.25, 0.3) is 0 Å². The topological polar surface area (TPSA) is 95.4 Å². The van der Waals surface area contributed by atoms with Gasteiger partial charge in [0, 0.05) is 18.9 Å². The zero-order valence-corrected chi connectivity index (χ0v) is 11.0. The Morgan fingerprint density at radius 3 is 2.47 bits per heavy atom. The quantitative estimate of drug-likeness (QED) is 0.744. The van der Waals surface area contributed by atoms with E-state index in [4.69, 9.17) is 5.11 Å². The van der Waals surface area contributed by atoms with Gasteiger partial charge in [0.1, 0.15) is 0 Å². The third kappa shape index (κ3) is 6.46. The van der Waals surface area contributed by atoms with Gasteiger partial charge in [-0.15, -0.1) is 0 Å². The van der Waals surface area contributed by atoms with Gasteiger partial charge in [-0.2, -0.15) is 0 Å². The molecule has 0 saturated carbocycles. The first-order chi connectivity index (χ1) is 8.97. The summed E-state index contributed by atoms with van der Waals surface area (Å²) in [5.74, 6) is -0.787. The molecule has 0 aliphatic rings. The highest BCUT2D eigenvalue weighted by molar-refractivity contribution is 5.90. The molecule has 0 aliphatic heterocycles. The number of nitrogens with zero attached hydrogens (tertiary/aromatic N) is 3. The van der Waals surface area contributed by atoms with E-state index in [0.29, 0.717) is 6.54 Å². The number of anilines is 1. The highest BCUT2D eigenvalue weighted by Gasteiger charge is 2.15. The Morgan fingerprint density at radius 2 is 1.95 bits per heavy atom. The van der Waals surface area contributed by atoms with Crippen LogP contribution in [0.3, 0.4) is 0 Å². The Labute approximate surface area is 111 Å². The van der Waals surface area contributed by atoms with E-state index in [1.807, 2.05) is 13.8 Å². The first kappa shape index (κ1) is 15.0. The molecule has 0 radical (unpaired) electrons. The van der Waals surface area contributed by atoms with Gasteiger partial charge in [0.15, 0.2) is 0 Å². The Bertz CT molecular complexity index is 422. The Balaban J connectivity index is 2.53. The minimum Gasteiger partial charge on any atom is -0.480 e. The third-order valence-electron chi connectivity index (χ3n) is 2.17. The lowest BCUT2D eigenvalue weighted by Gasteiger charge is -2.21. The van der Waals surface area contributed by atoms with Crippen molar-refractivity contribution < 1.29 is 14.7 Å². The molecule has 0 saturated heterocycles. The van der Waals surface area contributed by atoms with E-state index >= 15 is 0 Å². The number of carbonyl (C=O) groups excluding carboxylic acids is 1. The van der Waals surface area contributed by atoms with Crippen molar-refractivity contribution in [3.8, 4) is 0 Å². The van der Waals surface area contributed by atoms with Crippen LogP contribution >= 0.6 is 0 Å². The number of aromatic nitrogens is 2. The molecule has 0 spiro atoms. The van der Waals surface area contributed by atoms with Crippen molar-refractivity contribution in [1.29, 1.82) is 0 Å². The first-order valence-corrected chi connectivity index (χ1v) is 5.98. The molecule has 19 heavy (non-hydrogen) atoms. The smallest absolute Gasteiger partial charge is 0.317 e. The van der Waals surface area contributed by atoms with Crippen molar-refractivity contribution in [2.24, 2.45) is 5.92 Å². The second-order valence-corrected chi connectivity index (χ2v) is 4.58. The van der Waals surface area contributed by atoms with Crippen molar-refractivity contribution >= 4 is 17.8 Å². The van der Waals surface area contributed by atoms with Crippen molar-refractivity contribution in [3.05, 3.63) is 18.5 Å². The molecule has 1 heterocycles. The molecular weight excluding hydrogens is 248 g/mol. The van der Waals surface area contributed by atoms with E-state index in [1.165, 1.54) is 12.4 Å². The minimum atomic E-state index is -0.954. The molecule has 0 atom stereocenters. The number of hydrogen-bond acceptors (Lipinski definition) is 5. The second-order valence-electron chi connectivity index (χ2n) is 4.58. The van der Waals surface area contributed by atoms with E-state index in [-0.39, 0.29) is 30.9 Å². The summed E-state index contributed by atoms with van der Waals surface area (Å²) in [6, 6.07) is 1.64. The zero-order chi connectivity index (χ0) is 14.3. The normalized spacial score (nSPS) is 10.7. The number of carbonyl (C=O) groups is 2. The van der Waals surface area contributed by atoms with Crippen LogP contribution in [-0.4, -0.2) is 51.5 Å². The molecule has 0 aromatic carbocycles. The number of carboxylic acid groups (broad SMARTS) is 1. The molecule has 0 bridgehead atoms. The summed E-state index contributed by atoms with van der Waals surface area (Å²) in [5.41, 5.74) is 0. The predicted octanol–water partition coefficient (Wildman–Crippen LogP) is 0.458. The lowest BCUT2D eigenvalue weighted by atomic mass is 10.2. The largest absolute Gasteiger partial charge is 0.480 e. The van der Waals surface area contributed by atoms with Crippen LogP contribution in [0, 0.1) is 5.92 Å². The van der Waals surface area contributed by atoms with Crippen LogP contribution < -0.4 is 5.32 Å². The maximum Gasteiger partial charge on any atom is 0.317 e. The van der Waals surface area contributed by atoms with E-state index in [1.54, 1.807) is 11.0 Å². The lowest BCUT2D eigenvalue weighted by Crippen LogP contribution is -2.39. The molecule has 1 aromatic rings. The Kier molecular flexibility index (Phi) is 5.87. The van der Waals surface area contributed by atoms with Gasteiger partial charge in [-0.05, 0) is 12.0 Å². The van der Waals surface area contributed by atoms with Crippen molar-refractivity contribution in [2.45, 2.75) is 13.8 Å². The molecule has 7 nitrogen and oxygen atoms in total. The number of aliphatic carboxylic acids is 1. The highest BCUT2D eigenvalue weighted by Crippen LogP contribution is 2.00. The summed E-state index contributed by atoms with van der Waals surface area (Å²) in [6.07, 6.45) is 3.04. The maximum absolute atomic E-state index is 11.8. The summed E-state index contributed by atoms with van der Waals surface area (Å²) in [7, 11) is 0. The molecule has 1 aromatic heterocycles. The fourth-order valence-corrected chi connectivity index (χ4v) is 1.62. The number of rotatable bonds is 7. The van der Waals surface area contributed by atoms with Gasteiger partial charge in [0.05, 0.1) is 13.1 Å². The van der Waals surface area contributed by atoms with Gasteiger partial charge < -0.3 is 5.11 Å². The molecule has 0 unspecified atom stereocenters. The van der Waals surface area contributed by atoms with Crippen molar-refractivity contribution in [1.82, 2.24) is 14.9 Å². The van der Waals surface area contributed by atoms with Gasteiger partial charge in [-0.25, -0.2) is 9.97 Å². The van der Waals surface area contributed by atoms with Gasteiger partial charge in [-0.3, -0.25) is 19.8 Å². The van der Waals surface area contributed by atoms with Gasteiger partial charge in [-0.1, -0.05) is 13.8 Å². The number of amides is 1. The van der Waals surface area contributed by atoms with E-state index in [0.717, 1.165) is 0 Å². The van der Waals surface area contributed by atoms with Crippen LogP contribution in [0.25, 0.3) is 0 Å². The molecule has 1 amide bonds. The monoisotopic (exact) mass is 266 g/mol. The molecule has 0 fully saturated rings. The van der Waals surface area contributed by atoms with Gasteiger partial charge in [0.2, 0.25) is 11.9 Å². The number of carboxylic acids is 1. The third-order valence-corrected chi connectivity index (χ3v) is 2.17. The van der Waals surface area contributed by atoms with Crippen molar-refractivity contribution in [3.63, 3.8) is 0 Å². The standard InChI is InChI=1S/C12H18N4O3/c1-9(2)6-16(8-11(18)19)7-10(17)15-12-13-4-3-5-14-12/h3-5,9H,6-8H2,1-2H3,(H,18,19)(H,13,14,15,17). The maximum atomic E-state index is 11.8. The zero-order valence-electron chi connectivity index (χ0n) is 11.0. The molecule has 7 heteroatoms. The van der Waals surface area contributed by atoms with Crippen LogP contribution in [0.2, 0.25) is 0 Å². The average molecular weight is 266 g/mol. The van der Waals surface area contributed by atoms with Crippen LogP contribution in [0.15, 0.2) is 18.5 Å². The molecule has 2 N–H and O–H groups in total. The highest BCUT2D eigenvalue weighted by atomic mass is 16.4. The van der Waals surface area contributed by atoms with Crippen LogP contribution in [0.5, 0.6) is 0 Å². The summed E-state index contributed by atoms with van der Waals surface area (Å²) in [4.78, 5) is 31.8. The molecule has 104 valence electrons. The van der Waals surface area contributed by atoms with E-state index < -0.39 is 5.97 Å². The fourth-order valence-electron chi connectivity index (χ4n) is 1.62. The SMILES string of the molecule is CC(C)CN(CC(=O)O)CC(=O)Nc1ncccn1. The summed E-state index contributed by atoms with van der Waals surface area (Å²) >= 11 is 0. The molecule has 1 rings (SSSR count). The van der Waals surface area contributed by atoms with Crippen LogP contribution in [0.1, 0.15) is 13.8 Å². The van der Waals surface area contributed by atoms with Crippen LogP contribution in [0.4, 0.5) is 5.95 Å². The van der Waals surface area contributed by atoms with Gasteiger partial charge >= 0.3 is 5.97 Å². The van der Waals surface area contributed by atoms with Crippen LogP contribution in [-0.2, 0) is 9.59 Å². The second kappa shape index (κ2) is 7.42. The number of nitrogens with one attached hydrogen (secondary N) is 1. The Morgan fingerprint density at radius 1 is 1.32 bits per heavy atom. The average Bonchev–Trinajstić information content (AvgIpc) is 2.27. The van der Waals surface area contributed by atoms with E-state index in [2.05, 4.69) is 15.3 Å². The molecule has 0 aliphatic carbocycles. The number of hydrogen-bond donors (Lipinski definition) is 2. The van der Waals surface area contributed by atoms with Crippen molar-refractivity contribution in [2.75, 3.05) is 25.0 Å². The summed E-state index contributed by atoms with van der Waals surface area (Å²) in [6.45, 7) is 4.31. The molecular formula is C12H18N4O3. The fraction of sp³-hybridized carbons (Fsp3) is 0.500.